The molecule has 0 aliphatic heterocycles. The molecular formula is C46H59ClN14O4S2. The highest BCUT2D eigenvalue weighted by molar-refractivity contribution is 7.19. The van der Waals surface area contributed by atoms with Crippen LogP contribution in [0.4, 0.5) is 33.5 Å². The molecule has 4 aromatic heterocycles. The Balaban J connectivity index is 0.000000267. The van der Waals surface area contributed by atoms with Crippen LogP contribution in [-0.2, 0) is 19.2 Å². The molecule has 7 N–H and O–H groups in total. The number of carbonyl (C=O) groups excluding carboxylic acids is 4. The minimum Gasteiger partial charge on any atom is -0.368 e. The van der Waals surface area contributed by atoms with Gasteiger partial charge in [0, 0.05) is 70.6 Å². The predicted octanol–water partition coefficient (Wildman–Crippen LogP) is 7.39. The molecule has 18 nitrogen and oxygen atoms in total. The van der Waals surface area contributed by atoms with Crippen LogP contribution in [0.25, 0.3) is 20.9 Å². The molecule has 0 radical (unpaired) electrons. The number of benzene rings is 2. The van der Waals surface area contributed by atoms with Crippen LogP contribution in [0.2, 0.25) is 0 Å². The first kappa shape index (κ1) is 53.0. The highest BCUT2D eigenvalue weighted by atomic mass is 35.5. The molecule has 2 aromatic carbocycles. The van der Waals surface area contributed by atoms with Crippen molar-refractivity contribution in [1.82, 2.24) is 50.8 Å². The number of aryl methyl sites for hydroxylation is 2. The Labute approximate surface area is 404 Å². The van der Waals surface area contributed by atoms with E-state index in [2.05, 4.69) is 79.3 Å². The number of nitrogens with one attached hydrogen (secondary N) is 7. The molecule has 21 heteroatoms. The Bertz CT molecular complexity index is 2490. The summed E-state index contributed by atoms with van der Waals surface area (Å²) < 4.78 is 0. The number of hydrogen-bond donors (Lipinski definition) is 7. The second-order valence-corrected chi connectivity index (χ2v) is 17.1. The number of nitrogens with zero attached hydrogens (tertiary/aromatic N) is 7. The lowest BCUT2D eigenvalue weighted by Gasteiger charge is -2.23. The van der Waals surface area contributed by atoms with Crippen molar-refractivity contribution in [3.63, 3.8) is 0 Å². The fourth-order valence-corrected chi connectivity index (χ4v) is 7.28. The summed E-state index contributed by atoms with van der Waals surface area (Å²) in [5.74, 6) is 3.60. The zero-order valence-corrected chi connectivity index (χ0v) is 41.3. The third kappa shape index (κ3) is 18.3. The van der Waals surface area contributed by atoms with Gasteiger partial charge in [-0.2, -0.15) is 0 Å². The van der Waals surface area contributed by atoms with E-state index in [4.69, 9.17) is 11.6 Å². The van der Waals surface area contributed by atoms with Crippen LogP contribution in [0.1, 0.15) is 52.2 Å². The summed E-state index contributed by atoms with van der Waals surface area (Å²) in [5.41, 5.74) is 2.25. The van der Waals surface area contributed by atoms with Gasteiger partial charge in [-0.1, -0.05) is 97.2 Å². The molecule has 0 spiro atoms. The van der Waals surface area contributed by atoms with Gasteiger partial charge in [0.2, 0.25) is 23.0 Å². The molecular weight excluding hydrogens is 912 g/mol. The lowest BCUT2D eigenvalue weighted by molar-refractivity contribution is -0.138. The minimum atomic E-state index is -0.520. The number of halogens is 1. The van der Waals surface area contributed by atoms with Crippen LogP contribution < -0.4 is 37.2 Å². The van der Waals surface area contributed by atoms with Gasteiger partial charge < -0.3 is 42.1 Å². The summed E-state index contributed by atoms with van der Waals surface area (Å²) in [5, 5.41) is 22.7. The fraction of sp³-hybridized carbons (Fsp3) is 0.348. The van der Waals surface area contributed by atoms with E-state index < -0.39 is 6.04 Å². The Morgan fingerprint density at radius 1 is 0.642 bits per heavy atom. The number of aromatic nitrogens is 6. The molecule has 0 aliphatic rings. The Morgan fingerprint density at radius 2 is 1.06 bits per heavy atom. The van der Waals surface area contributed by atoms with Crippen molar-refractivity contribution >= 4 is 90.8 Å². The number of amides is 3. The van der Waals surface area contributed by atoms with Gasteiger partial charge in [0.25, 0.3) is 0 Å². The molecule has 6 rings (SSSR count). The van der Waals surface area contributed by atoms with Crippen molar-refractivity contribution in [1.29, 1.82) is 0 Å². The molecule has 356 valence electrons. The fourth-order valence-electron chi connectivity index (χ4n) is 5.62. The van der Waals surface area contributed by atoms with E-state index in [-0.39, 0.29) is 29.0 Å². The molecule has 3 amide bonds. The Hall–Kier alpha value is -6.61. The molecule has 0 saturated heterocycles. The van der Waals surface area contributed by atoms with Crippen molar-refractivity contribution in [2.75, 3.05) is 61.5 Å². The van der Waals surface area contributed by atoms with Crippen LogP contribution in [0.15, 0.2) is 85.2 Å². The smallest absolute Gasteiger partial charge is 0.242 e. The predicted molar refractivity (Wildman–Crippen MR) is 270 cm³/mol. The highest BCUT2D eigenvalue weighted by Gasteiger charge is 2.21. The molecule has 67 heavy (non-hydrogen) atoms. The molecule has 0 saturated carbocycles. The van der Waals surface area contributed by atoms with E-state index in [1.165, 1.54) is 4.90 Å². The second kappa shape index (κ2) is 27.8. The highest BCUT2D eigenvalue weighted by Crippen LogP contribution is 2.31. The quantitative estimate of drug-likeness (QED) is 0.0292. The molecule has 0 bridgehead atoms. The third-order valence-corrected chi connectivity index (χ3v) is 11.7. The van der Waals surface area contributed by atoms with E-state index in [1.807, 2.05) is 87.8 Å². The topological polar surface area (TPSA) is 233 Å². The first-order chi connectivity index (χ1) is 32.2. The number of rotatable bonds is 20. The lowest BCUT2D eigenvalue weighted by Crippen LogP contribution is -2.46. The molecule has 6 aromatic rings. The summed E-state index contributed by atoms with van der Waals surface area (Å²) >= 11 is 7.94. The summed E-state index contributed by atoms with van der Waals surface area (Å²) in [6, 6.07) is 23.1. The number of carbonyl (C=O) groups is 4. The van der Waals surface area contributed by atoms with Gasteiger partial charge in [-0.3, -0.25) is 19.2 Å². The maximum Gasteiger partial charge on any atom is 0.242 e. The van der Waals surface area contributed by atoms with Crippen molar-refractivity contribution < 1.29 is 19.2 Å². The van der Waals surface area contributed by atoms with Crippen LogP contribution in [0.5, 0.6) is 0 Å². The van der Waals surface area contributed by atoms with Gasteiger partial charge in [0.15, 0.2) is 10.3 Å². The molecule has 2 atom stereocenters. The third-order valence-electron chi connectivity index (χ3n) is 9.50. The van der Waals surface area contributed by atoms with E-state index >= 15 is 0 Å². The van der Waals surface area contributed by atoms with Gasteiger partial charge in [0.05, 0.1) is 15.8 Å². The lowest BCUT2D eigenvalue weighted by atomic mass is 10.2. The van der Waals surface area contributed by atoms with Crippen LogP contribution in [0, 0.1) is 13.8 Å². The summed E-state index contributed by atoms with van der Waals surface area (Å²) in [6.07, 6.45) is 4.49. The van der Waals surface area contributed by atoms with Gasteiger partial charge in [-0.15, -0.1) is 0 Å². The average Bonchev–Trinajstić information content (AvgIpc) is 4.01. The first-order valence-electron chi connectivity index (χ1n) is 21.6. The molecule has 0 aliphatic carbocycles. The van der Waals surface area contributed by atoms with E-state index in [0.717, 1.165) is 31.1 Å². The first-order valence-corrected chi connectivity index (χ1v) is 23.6. The van der Waals surface area contributed by atoms with Crippen molar-refractivity contribution in [3.8, 4) is 20.9 Å². The molecule has 4 heterocycles. The Kier molecular flexibility index (Phi) is 22.0. The van der Waals surface area contributed by atoms with E-state index in [1.54, 1.807) is 63.6 Å². The van der Waals surface area contributed by atoms with Gasteiger partial charge in [-0.05, 0) is 57.5 Å². The monoisotopic (exact) mass is 970 g/mol. The zero-order chi connectivity index (χ0) is 48.7. The minimum absolute atomic E-state index is 0.0338. The van der Waals surface area contributed by atoms with Crippen LogP contribution in [-0.4, -0.2) is 110 Å². The van der Waals surface area contributed by atoms with Gasteiger partial charge in [0.1, 0.15) is 41.0 Å². The number of thiazole rings is 2. The largest absolute Gasteiger partial charge is 0.368 e. The number of likely N-dealkylation sites (N-methyl/N-ethyl adjacent to an activating group) is 2. The second-order valence-electron chi connectivity index (χ2n) is 14.6. The maximum atomic E-state index is 12.3. The zero-order valence-electron chi connectivity index (χ0n) is 38.9. The summed E-state index contributed by atoms with van der Waals surface area (Å²) in [4.78, 5) is 75.5. The number of anilines is 6. The number of hydrogen-bond acceptors (Lipinski definition) is 17. The van der Waals surface area contributed by atoms with E-state index in [0.29, 0.717) is 73.9 Å². The standard InChI is InChI=1S/C23H29N7O2S.C20H25N7OS.C3H5ClO/c1-5-21(31)30(4)15(2)22(32)25-12-11-24-19-13-20(28-16(3)27-19)29-23-26-14-18(33-23)17-9-7-6-8-10-17;1-13(21-3)19(28)23-10-9-22-17-11-18(26-14(2)25-17)27-20-24-12-16(29-20)15-7-5-4-6-8-15;1-2-3(4)5/h6-10,13-15H,5,11-12H2,1-4H3,(H,25,32)(H2,24,26,27,28,29);4-8,11-13,21H,9-10H2,1-3H3,(H,23,28)(H2,22,24,25,26,27);2H2,1H3/t15-;13-;/m00./s1. The van der Waals surface area contributed by atoms with E-state index in [9.17, 15) is 19.2 Å². The summed E-state index contributed by atoms with van der Waals surface area (Å²) in [6.45, 7) is 12.6. The summed E-state index contributed by atoms with van der Waals surface area (Å²) in [7, 11) is 3.39. The SMILES string of the molecule is CCC(=O)Cl.CCC(=O)N(C)[C@@H](C)C(=O)NCCNc1cc(Nc2ncc(-c3ccccc3)s2)nc(C)n1.CN[C@@H](C)C(=O)NCCNc1cc(Nc2ncc(-c3ccccc3)s2)nc(C)n1. The maximum absolute atomic E-state index is 12.3. The Morgan fingerprint density at radius 3 is 1.46 bits per heavy atom. The average molecular weight is 972 g/mol. The van der Waals surface area contributed by atoms with Crippen molar-refractivity contribution in [2.24, 2.45) is 0 Å². The van der Waals surface area contributed by atoms with Crippen molar-refractivity contribution in [3.05, 3.63) is 96.8 Å². The molecule has 0 fully saturated rings. The normalized spacial score (nSPS) is 11.3. The van der Waals surface area contributed by atoms with Crippen LogP contribution in [0.3, 0.4) is 0 Å². The van der Waals surface area contributed by atoms with Gasteiger partial charge in [-0.25, -0.2) is 29.9 Å². The van der Waals surface area contributed by atoms with Crippen LogP contribution >= 0.6 is 34.3 Å². The molecule has 0 unspecified atom stereocenters. The van der Waals surface area contributed by atoms with Crippen molar-refractivity contribution in [2.45, 2.75) is 66.5 Å². The van der Waals surface area contributed by atoms with Gasteiger partial charge >= 0.3 is 0 Å².